The third-order valence-electron chi connectivity index (χ3n) is 5.56. The second kappa shape index (κ2) is 11.4. The molecule has 1 aromatic heterocycles. The first-order chi connectivity index (χ1) is 17.1. The van der Waals surface area contributed by atoms with Crippen molar-refractivity contribution in [2.24, 2.45) is 0 Å². The first-order valence-corrected chi connectivity index (χ1v) is 11.3. The second-order valence-electron chi connectivity index (χ2n) is 7.86. The summed E-state index contributed by atoms with van der Waals surface area (Å²) in [6.45, 7) is 4.94. The zero-order chi connectivity index (χ0) is 24.6. The number of nitrogens with zero attached hydrogens (tertiary/aromatic N) is 5. The first-order valence-electron chi connectivity index (χ1n) is 11.3. The van der Waals surface area contributed by atoms with Gasteiger partial charge in [0.05, 0.1) is 51.4 Å². The van der Waals surface area contributed by atoms with Gasteiger partial charge in [0.25, 0.3) is 0 Å². The van der Waals surface area contributed by atoms with Gasteiger partial charge in [-0.3, -0.25) is 4.90 Å². The van der Waals surface area contributed by atoms with Crippen molar-refractivity contribution in [1.29, 1.82) is 5.26 Å². The lowest BCUT2D eigenvalue weighted by Crippen LogP contribution is -2.37. The lowest BCUT2D eigenvalue weighted by molar-refractivity contribution is 0.0357. The van der Waals surface area contributed by atoms with E-state index in [0.717, 1.165) is 39.3 Å². The Bertz CT molecular complexity index is 1140. The molecule has 11 heteroatoms. The lowest BCUT2D eigenvalue weighted by Gasteiger charge is -2.26. The molecule has 3 aromatic rings. The minimum atomic E-state index is 0.205. The average molecular weight is 480 g/mol. The van der Waals surface area contributed by atoms with Crippen molar-refractivity contribution < 1.29 is 18.9 Å². The minimum absolute atomic E-state index is 0.205. The van der Waals surface area contributed by atoms with Crippen LogP contribution in [0.4, 0.5) is 17.6 Å². The fraction of sp³-hybridized carbons (Fsp3) is 0.375. The number of methoxy groups -OCH3 is 2. The van der Waals surface area contributed by atoms with Gasteiger partial charge in [0.15, 0.2) is 11.5 Å². The number of anilines is 3. The average Bonchev–Trinajstić information content (AvgIpc) is 3.26. The number of morpholine rings is 1. The molecule has 0 aliphatic carbocycles. The number of rotatable bonds is 10. The van der Waals surface area contributed by atoms with Crippen molar-refractivity contribution in [3.05, 3.63) is 42.0 Å². The van der Waals surface area contributed by atoms with Crippen molar-refractivity contribution in [2.75, 3.05) is 64.7 Å². The Labute approximate surface area is 204 Å². The Morgan fingerprint density at radius 2 is 1.80 bits per heavy atom. The van der Waals surface area contributed by atoms with E-state index < -0.39 is 0 Å². The highest BCUT2D eigenvalue weighted by Gasteiger charge is 2.17. The number of ether oxygens (including phenoxy) is 4. The standard InChI is InChI=1S/C24H29N7O4/c1-32-20-14-18(15-21(33-2)22(20)35-11-3-8-30-9-12-34-13-10-30)27-24-28-23(26)31(29-24)19-6-4-17(16-25)5-7-19/h4-7,14-15H,3,8-13H2,1-2H3,(H3,26,27,28,29). The van der Waals surface area contributed by atoms with Gasteiger partial charge >= 0.3 is 0 Å². The molecule has 1 aliphatic heterocycles. The number of nitrogens with two attached hydrogens (primary N) is 1. The van der Waals surface area contributed by atoms with Crippen LogP contribution in [-0.4, -0.2) is 73.3 Å². The molecule has 1 fully saturated rings. The highest BCUT2D eigenvalue weighted by molar-refractivity contribution is 5.66. The largest absolute Gasteiger partial charge is 0.493 e. The van der Waals surface area contributed by atoms with Crippen molar-refractivity contribution in [1.82, 2.24) is 19.7 Å². The van der Waals surface area contributed by atoms with Crippen molar-refractivity contribution >= 4 is 17.6 Å². The topological polar surface area (TPSA) is 133 Å². The summed E-state index contributed by atoms with van der Waals surface area (Å²) < 4.78 is 24.0. The number of benzene rings is 2. The highest BCUT2D eigenvalue weighted by atomic mass is 16.5. The number of nitrogen functional groups attached to an aromatic ring is 1. The molecular weight excluding hydrogens is 450 g/mol. The van der Waals surface area contributed by atoms with E-state index in [1.165, 1.54) is 4.68 Å². The number of aromatic nitrogens is 3. The second-order valence-corrected chi connectivity index (χ2v) is 7.86. The van der Waals surface area contributed by atoms with Crippen molar-refractivity contribution in [3.63, 3.8) is 0 Å². The third-order valence-corrected chi connectivity index (χ3v) is 5.56. The molecular formula is C24H29N7O4. The Hall–Kier alpha value is -4.01. The quantitative estimate of drug-likeness (QED) is 0.418. The van der Waals surface area contributed by atoms with E-state index in [9.17, 15) is 0 Å². The summed E-state index contributed by atoms with van der Waals surface area (Å²) in [4.78, 5) is 6.66. The van der Waals surface area contributed by atoms with Crippen LogP contribution in [-0.2, 0) is 4.74 Å². The highest BCUT2D eigenvalue weighted by Crippen LogP contribution is 2.41. The van der Waals surface area contributed by atoms with Crippen LogP contribution in [0.3, 0.4) is 0 Å². The molecule has 0 radical (unpaired) electrons. The maximum Gasteiger partial charge on any atom is 0.248 e. The molecule has 0 unspecified atom stereocenters. The predicted octanol–water partition coefficient (Wildman–Crippen LogP) is 2.58. The Kier molecular flexibility index (Phi) is 7.87. The molecule has 4 rings (SSSR count). The number of nitrogens with one attached hydrogen (secondary N) is 1. The van der Waals surface area contributed by atoms with Gasteiger partial charge in [0, 0.05) is 37.5 Å². The smallest absolute Gasteiger partial charge is 0.248 e. The van der Waals surface area contributed by atoms with Crippen molar-refractivity contribution in [3.8, 4) is 29.0 Å². The molecule has 184 valence electrons. The summed E-state index contributed by atoms with van der Waals surface area (Å²) in [6, 6.07) is 12.6. The molecule has 2 heterocycles. The SMILES string of the molecule is COc1cc(Nc2nc(N)n(-c3ccc(C#N)cc3)n2)cc(OC)c1OCCCN1CCOCC1. The van der Waals surface area contributed by atoms with Gasteiger partial charge in [-0.1, -0.05) is 0 Å². The van der Waals surface area contributed by atoms with E-state index in [2.05, 4.69) is 26.4 Å². The zero-order valence-electron chi connectivity index (χ0n) is 19.9. The van der Waals surface area contributed by atoms with Gasteiger partial charge in [-0.05, 0) is 30.7 Å². The molecule has 35 heavy (non-hydrogen) atoms. The van der Waals surface area contributed by atoms with Gasteiger partial charge in [0.1, 0.15) is 0 Å². The number of nitriles is 1. The molecule has 3 N–H and O–H groups in total. The molecule has 0 bridgehead atoms. The van der Waals surface area contributed by atoms with Crippen LogP contribution < -0.4 is 25.3 Å². The summed E-state index contributed by atoms with van der Waals surface area (Å²) >= 11 is 0. The Balaban J connectivity index is 1.45. The van der Waals surface area contributed by atoms with Gasteiger partial charge < -0.3 is 30.0 Å². The van der Waals surface area contributed by atoms with Gasteiger partial charge in [-0.25, -0.2) is 0 Å². The van der Waals surface area contributed by atoms with Crippen LogP contribution in [0.2, 0.25) is 0 Å². The Morgan fingerprint density at radius 1 is 1.11 bits per heavy atom. The molecule has 1 aliphatic rings. The first kappa shape index (κ1) is 24.1. The van der Waals surface area contributed by atoms with Gasteiger partial charge in [-0.15, -0.1) is 5.10 Å². The van der Waals surface area contributed by atoms with Gasteiger partial charge in [-0.2, -0.15) is 14.9 Å². The van der Waals surface area contributed by atoms with Crippen LogP contribution in [0, 0.1) is 11.3 Å². The lowest BCUT2D eigenvalue weighted by atomic mass is 10.2. The summed E-state index contributed by atoms with van der Waals surface area (Å²) in [6.07, 6.45) is 0.877. The molecule has 11 nitrogen and oxygen atoms in total. The van der Waals surface area contributed by atoms with Crippen molar-refractivity contribution in [2.45, 2.75) is 6.42 Å². The van der Waals surface area contributed by atoms with E-state index in [4.69, 9.17) is 29.9 Å². The normalized spacial score (nSPS) is 13.7. The molecule has 0 saturated carbocycles. The maximum atomic E-state index is 8.99. The molecule has 0 atom stereocenters. The van der Waals surface area contributed by atoms with Crippen LogP contribution in [0.1, 0.15) is 12.0 Å². The van der Waals surface area contributed by atoms with E-state index in [1.807, 2.05) is 0 Å². The van der Waals surface area contributed by atoms with E-state index in [-0.39, 0.29) is 5.95 Å². The van der Waals surface area contributed by atoms with Crippen LogP contribution in [0.15, 0.2) is 36.4 Å². The molecule has 0 spiro atoms. The van der Waals surface area contributed by atoms with E-state index >= 15 is 0 Å². The van der Waals surface area contributed by atoms with E-state index in [1.54, 1.807) is 50.6 Å². The molecule has 2 aromatic carbocycles. The monoisotopic (exact) mass is 479 g/mol. The van der Waals surface area contributed by atoms with Crippen LogP contribution in [0.5, 0.6) is 17.2 Å². The third kappa shape index (κ3) is 5.92. The number of hydrogen-bond donors (Lipinski definition) is 2. The van der Waals surface area contributed by atoms with Crippen LogP contribution >= 0.6 is 0 Å². The molecule has 1 saturated heterocycles. The summed E-state index contributed by atoms with van der Waals surface area (Å²) in [5.41, 5.74) is 7.95. The number of hydrogen-bond acceptors (Lipinski definition) is 10. The van der Waals surface area contributed by atoms with E-state index in [0.29, 0.717) is 46.7 Å². The maximum absolute atomic E-state index is 8.99. The predicted molar refractivity (Wildman–Crippen MR) is 131 cm³/mol. The fourth-order valence-electron chi connectivity index (χ4n) is 3.75. The summed E-state index contributed by atoms with van der Waals surface area (Å²) in [5.74, 6) is 2.10. The van der Waals surface area contributed by atoms with Gasteiger partial charge in [0.2, 0.25) is 17.6 Å². The Morgan fingerprint density at radius 3 is 2.43 bits per heavy atom. The summed E-state index contributed by atoms with van der Waals surface area (Å²) in [5, 5.41) is 16.6. The minimum Gasteiger partial charge on any atom is -0.493 e. The molecule has 0 amide bonds. The van der Waals surface area contributed by atoms with Crippen LogP contribution in [0.25, 0.3) is 5.69 Å². The summed E-state index contributed by atoms with van der Waals surface area (Å²) in [7, 11) is 3.16. The fourth-order valence-corrected chi connectivity index (χ4v) is 3.75. The zero-order valence-corrected chi connectivity index (χ0v) is 19.9.